The smallest absolute Gasteiger partial charge is 0.287 e. The molecule has 1 amide bonds. The number of nitrogens with one attached hydrogen (secondary N) is 2. The second-order valence-corrected chi connectivity index (χ2v) is 4.23. The summed E-state index contributed by atoms with van der Waals surface area (Å²) in [7, 11) is 0. The van der Waals surface area contributed by atoms with E-state index in [-0.39, 0.29) is 5.91 Å². The van der Waals surface area contributed by atoms with Gasteiger partial charge >= 0.3 is 0 Å². The van der Waals surface area contributed by atoms with Gasteiger partial charge in [0, 0.05) is 11.8 Å². The van der Waals surface area contributed by atoms with E-state index in [4.69, 9.17) is 23.2 Å². The van der Waals surface area contributed by atoms with Gasteiger partial charge in [0.25, 0.3) is 5.91 Å². The standard InChI is InChI=1S/C12H9Cl2N3O/c13-9-3-1-4-10(14)8(9)7-16-17-12(18)11-5-2-6-15-11/h1-7,15H,(H,17,18)/b16-7-. The zero-order valence-corrected chi connectivity index (χ0v) is 10.7. The summed E-state index contributed by atoms with van der Waals surface area (Å²) >= 11 is 11.9. The molecule has 1 aromatic heterocycles. The van der Waals surface area contributed by atoms with E-state index >= 15 is 0 Å². The Morgan fingerprint density at radius 1 is 1.22 bits per heavy atom. The Morgan fingerprint density at radius 2 is 1.94 bits per heavy atom. The van der Waals surface area contributed by atoms with E-state index in [9.17, 15) is 4.79 Å². The first-order valence-corrected chi connectivity index (χ1v) is 5.85. The normalized spacial score (nSPS) is 10.8. The molecular formula is C12H9Cl2N3O. The average molecular weight is 282 g/mol. The summed E-state index contributed by atoms with van der Waals surface area (Å²) in [6.45, 7) is 0. The number of hydrazone groups is 1. The number of benzene rings is 1. The van der Waals surface area contributed by atoms with Crippen LogP contribution in [0.1, 0.15) is 16.1 Å². The maximum Gasteiger partial charge on any atom is 0.287 e. The van der Waals surface area contributed by atoms with Crippen molar-refractivity contribution in [3.63, 3.8) is 0 Å². The number of nitrogens with zero attached hydrogens (tertiary/aromatic N) is 1. The molecule has 0 fully saturated rings. The van der Waals surface area contributed by atoms with Crippen LogP contribution in [0.4, 0.5) is 0 Å². The van der Waals surface area contributed by atoms with Gasteiger partial charge in [0.1, 0.15) is 5.69 Å². The lowest BCUT2D eigenvalue weighted by Gasteiger charge is -2.00. The van der Waals surface area contributed by atoms with Crippen LogP contribution in [0.2, 0.25) is 10.0 Å². The van der Waals surface area contributed by atoms with Gasteiger partial charge in [0.2, 0.25) is 0 Å². The van der Waals surface area contributed by atoms with Crippen molar-refractivity contribution >= 4 is 35.3 Å². The molecule has 0 atom stereocenters. The van der Waals surface area contributed by atoms with Crippen molar-refractivity contribution < 1.29 is 4.79 Å². The van der Waals surface area contributed by atoms with E-state index in [2.05, 4.69) is 15.5 Å². The monoisotopic (exact) mass is 281 g/mol. The molecule has 0 unspecified atom stereocenters. The summed E-state index contributed by atoms with van der Waals surface area (Å²) in [6.07, 6.45) is 3.06. The molecule has 0 spiro atoms. The summed E-state index contributed by atoms with van der Waals surface area (Å²) in [6, 6.07) is 8.50. The molecule has 0 saturated carbocycles. The van der Waals surface area contributed by atoms with Crippen LogP contribution in [0.5, 0.6) is 0 Å². The van der Waals surface area contributed by atoms with Gasteiger partial charge in [-0.2, -0.15) is 5.10 Å². The maximum atomic E-state index is 11.5. The number of aromatic nitrogens is 1. The lowest BCUT2D eigenvalue weighted by molar-refractivity contribution is 0.0951. The zero-order valence-electron chi connectivity index (χ0n) is 9.15. The van der Waals surface area contributed by atoms with E-state index in [0.717, 1.165) is 0 Å². The highest BCUT2D eigenvalue weighted by Crippen LogP contribution is 2.21. The molecule has 0 saturated heterocycles. The molecule has 6 heteroatoms. The number of hydrogen-bond acceptors (Lipinski definition) is 2. The molecular weight excluding hydrogens is 273 g/mol. The number of carbonyl (C=O) groups is 1. The third kappa shape index (κ3) is 2.91. The first kappa shape index (κ1) is 12.7. The molecule has 0 aliphatic heterocycles. The van der Waals surface area contributed by atoms with E-state index in [1.165, 1.54) is 6.21 Å². The van der Waals surface area contributed by atoms with Crippen LogP contribution in [0, 0.1) is 0 Å². The van der Waals surface area contributed by atoms with Crippen LogP contribution in [0.15, 0.2) is 41.6 Å². The first-order valence-electron chi connectivity index (χ1n) is 5.09. The predicted molar refractivity (Wildman–Crippen MR) is 72.3 cm³/mol. The highest BCUT2D eigenvalue weighted by atomic mass is 35.5. The van der Waals surface area contributed by atoms with Crippen molar-refractivity contribution in [2.24, 2.45) is 5.10 Å². The minimum Gasteiger partial charge on any atom is -0.357 e. The quantitative estimate of drug-likeness (QED) is 0.659. The fraction of sp³-hybridized carbons (Fsp3) is 0. The Balaban J connectivity index is 2.06. The Hall–Kier alpha value is -1.78. The van der Waals surface area contributed by atoms with Gasteiger partial charge in [-0.25, -0.2) is 5.43 Å². The van der Waals surface area contributed by atoms with Gasteiger partial charge in [0.05, 0.1) is 16.3 Å². The Kier molecular flexibility index (Phi) is 4.02. The maximum absolute atomic E-state index is 11.5. The number of aromatic amines is 1. The van der Waals surface area contributed by atoms with Gasteiger partial charge < -0.3 is 4.98 Å². The van der Waals surface area contributed by atoms with E-state index < -0.39 is 0 Å². The lowest BCUT2D eigenvalue weighted by Crippen LogP contribution is -2.17. The van der Waals surface area contributed by atoms with Crippen LogP contribution in [0.3, 0.4) is 0 Å². The van der Waals surface area contributed by atoms with E-state index in [0.29, 0.717) is 21.3 Å². The molecule has 0 bridgehead atoms. The van der Waals surface area contributed by atoms with Gasteiger partial charge in [-0.3, -0.25) is 4.79 Å². The minimum absolute atomic E-state index is 0.334. The van der Waals surface area contributed by atoms with Crippen molar-refractivity contribution in [3.05, 3.63) is 57.8 Å². The summed E-state index contributed by atoms with van der Waals surface area (Å²) < 4.78 is 0. The number of rotatable bonds is 3. The fourth-order valence-electron chi connectivity index (χ4n) is 1.32. The van der Waals surface area contributed by atoms with Crippen LogP contribution < -0.4 is 5.43 Å². The second kappa shape index (κ2) is 5.71. The van der Waals surface area contributed by atoms with Crippen molar-refractivity contribution in [3.8, 4) is 0 Å². The predicted octanol–water partition coefficient (Wildman–Crippen LogP) is 3.09. The molecule has 0 aliphatic rings. The van der Waals surface area contributed by atoms with Crippen molar-refractivity contribution in [1.82, 2.24) is 10.4 Å². The number of halogens is 2. The van der Waals surface area contributed by atoms with E-state index in [1.54, 1.807) is 36.5 Å². The fourth-order valence-corrected chi connectivity index (χ4v) is 1.82. The zero-order chi connectivity index (χ0) is 13.0. The molecule has 92 valence electrons. The topological polar surface area (TPSA) is 57.2 Å². The number of hydrogen-bond donors (Lipinski definition) is 2. The van der Waals surface area contributed by atoms with Crippen LogP contribution in [0.25, 0.3) is 0 Å². The molecule has 1 heterocycles. The molecule has 1 aromatic carbocycles. The van der Waals surface area contributed by atoms with Crippen molar-refractivity contribution in [1.29, 1.82) is 0 Å². The van der Waals surface area contributed by atoms with Crippen LogP contribution in [-0.2, 0) is 0 Å². The largest absolute Gasteiger partial charge is 0.357 e. The highest BCUT2D eigenvalue weighted by molar-refractivity contribution is 6.38. The van der Waals surface area contributed by atoms with Crippen molar-refractivity contribution in [2.45, 2.75) is 0 Å². The minimum atomic E-state index is -0.334. The Morgan fingerprint density at radius 3 is 2.56 bits per heavy atom. The van der Waals surface area contributed by atoms with Crippen LogP contribution >= 0.6 is 23.2 Å². The van der Waals surface area contributed by atoms with Crippen LogP contribution in [-0.4, -0.2) is 17.1 Å². The lowest BCUT2D eigenvalue weighted by atomic mass is 10.2. The van der Waals surface area contributed by atoms with E-state index in [1.807, 2.05) is 0 Å². The van der Waals surface area contributed by atoms with Crippen molar-refractivity contribution in [2.75, 3.05) is 0 Å². The third-order valence-electron chi connectivity index (χ3n) is 2.20. The van der Waals surface area contributed by atoms with Gasteiger partial charge in [-0.1, -0.05) is 29.3 Å². The van der Waals surface area contributed by atoms with Gasteiger partial charge in [-0.15, -0.1) is 0 Å². The summed E-state index contributed by atoms with van der Waals surface area (Å²) in [4.78, 5) is 14.3. The average Bonchev–Trinajstić information content (AvgIpc) is 2.86. The number of carbonyl (C=O) groups excluding carboxylic acids is 1. The first-order chi connectivity index (χ1) is 8.68. The molecule has 4 nitrogen and oxygen atoms in total. The number of amides is 1. The molecule has 0 aliphatic carbocycles. The Labute approximate surface area is 114 Å². The number of H-pyrrole nitrogens is 1. The molecule has 2 rings (SSSR count). The summed E-state index contributed by atoms with van der Waals surface area (Å²) in [5, 5.41) is 4.75. The van der Waals surface area contributed by atoms with Gasteiger partial charge in [0.15, 0.2) is 0 Å². The molecule has 0 radical (unpaired) electrons. The third-order valence-corrected chi connectivity index (χ3v) is 2.86. The highest BCUT2D eigenvalue weighted by Gasteiger charge is 2.04. The summed E-state index contributed by atoms with van der Waals surface area (Å²) in [5.41, 5.74) is 3.36. The molecule has 2 aromatic rings. The molecule has 18 heavy (non-hydrogen) atoms. The Bertz CT molecular complexity index is 559. The SMILES string of the molecule is O=C(N/N=C\c1c(Cl)cccc1Cl)c1ccc[nH]1. The van der Waals surface area contributed by atoms with Gasteiger partial charge in [-0.05, 0) is 24.3 Å². The molecule has 2 N–H and O–H groups in total. The summed E-state index contributed by atoms with van der Waals surface area (Å²) in [5.74, 6) is -0.334. The second-order valence-electron chi connectivity index (χ2n) is 3.42.